The third kappa shape index (κ3) is 4.89. The van der Waals surface area contributed by atoms with Gasteiger partial charge in [0.1, 0.15) is 0 Å². The number of aliphatic hydroxyl groups is 1. The molecule has 1 N–H and O–H groups in total. The van der Waals surface area contributed by atoms with Crippen LogP contribution in [0.25, 0.3) is 22.5 Å². The van der Waals surface area contributed by atoms with Crippen molar-refractivity contribution in [1.29, 1.82) is 0 Å². The van der Waals surface area contributed by atoms with Crippen LogP contribution in [0.4, 0.5) is 0 Å². The van der Waals surface area contributed by atoms with E-state index in [9.17, 15) is 5.11 Å². The van der Waals surface area contributed by atoms with Crippen molar-refractivity contribution < 1.29 is 5.11 Å². The van der Waals surface area contributed by atoms with E-state index in [2.05, 4.69) is 87.7 Å². The van der Waals surface area contributed by atoms with E-state index in [1.165, 1.54) is 5.56 Å². The monoisotopic (exact) mass is 552 g/mol. The number of aromatic nitrogens is 6. The molecule has 33 heavy (non-hydrogen) atoms. The summed E-state index contributed by atoms with van der Waals surface area (Å²) in [5.74, 6) is 0.852. The predicted octanol–water partition coefficient (Wildman–Crippen LogP) is 4.46. The average molecular weight is 551 g/mol. The second-order valence-corrected chi connectivity index (χ2v) is 23.0. The summed E-state index contributed by atoms with van der Waals surface area (Å²) >= 11 is -2.53. The van der Waals surface area contributed by atoms with Crippen molar-refractivity contribution in [2.45, 2.75) is 47.6 Å². The maximum absolute atomic E-state index is 9.88. The number of benzene rings is 2. The van der Waals surface area contributed by atoms with E-state index >= 15 is 0 Å². The van der Waals surface area contributed by atoms with Crippen molar-refractivity contribution in [2.75, 3.05) is 0 Å². The summed E-state index contributed by atoms with van der Waals surface area (Å²) in [6.07, 6.45) is 2.71. The minimum atomic E-state index is -2.53. The van der Waals surface area contributed by atoms with Crippen LogP contribution >= 0.6 is 0 Å². The fraction of sp³-hybridized carbons (Fsp3) is 0.360. The summed E-state index contributed by atoms with van der Waals surface area (Å²) in [6, 6.07) is 17.0. The second kappa shape index (κ2) is 9.77. The number of rotatable bonds is 8. The number of aliphatic hydroxyl groups excluding tert-OH is 1. The third-order valence-corrected chi connectivity index (χ3v) is 10.4. The molecule has 2 heterocycles. The van der Waals surface area contributed by atoms with E-state index in [0.29, 0.717) is 0 Å². The molecule has 0 aliphatic heterocycles. The van der Waals surface area contributed by atoms with Crippen LogP contribution in [0.1, 0.15) is 35.9 Å². The fourth-order valence-electron chi connectivity index (χ4n) is 4.25. The standard InChI is InChI=1S/C22H23N6O.3CH3.Sn/c1-3-6-20-19(21(14-29)28(2)25-20)13-15-9-11-16(12-10-15)17-7-4-5-8-18(17)22-23-26-27-24-22;;;;/h4-5,7-12,29H,3,6,13-14H2,1-2H3;3*1H3;/q-1;;;;+1. The molecule has 172 valence electrons. The Morgan fingerprint density at radius 3 is 2.30 bits per heavy atom. The van der Waals surface area contributed by atoms with Crippen LogP contribution in [-0.4, -0.2) is 52.0 Å². The van der Waals surface area contributed by atoms with Gasteiger partial charge in [0.25, 0.3) is 0 Å². The Kier molecular flexibility index (Phi) is 6.99. The van der Waals surface area contributed by atoms with Crippen molar-refractivity contribution in [3.63, 3.8) is 0 Å². The Hall–Kier alpha value is -2.52. The zero-order chi connectivity index (χ0) is 23.6. The van der Waals surface area contributed by atoms with Crippen LogP contribution in [0.3, 0.4) is 0 Å². The molecule has 8 heteroatoms. The summed E-state index contributed by atoms with van der Waals surface area (Å²) in [6.45, 7) is 2.16. The van der Waals surface area contributed by atoms with Gasteiger partial charge in [-0.25, -0.2) is 0 Å². The van der Waals surface area contributed by atoms with Crippen molar-refractivity contribution in [3.8, 4) is 22.5 Å². The Balaban J connectivity index is 1.67. The zero-order valence-corrected chi connectivity index (χ0v) is 22.9. The Morgan fingerprint density at radius 1 is 0.970 bits per heavy atom. The van der Waals surface area contributed by atoms with Gasteiger partial charge in [-0.1, -0.05) is 13.3 Å². The third-order valence-electron chi connectivity index (χ3n) is 5.91. The molecule has 0 aliphatic rings. The van der Waals surface area contributed by atoms with Gasteiger partial charge in [-0.3, -0.25) is 0 Å². The molecule has 0 unspecified atom stereocenters. The van der Waals surface area contributed by atoms with E-state index < -0.39 is 18.7 Å². The minimum absolute atomic E-state index is 0.00150. The van der Waals surface area contributed by atoms with Crippen molar-refractivity contribution in [3.05, 3.63) is 71.0 Å². The first-order valence-electron chi connectivity index (χ1n) is 11.5. The molecule has 0 atom stereocenters. The van der Waals surface area contributed by atoms with Gasteiger partial charge in [0.15, 0.2) is 0 Å². The number of aryl methyl sites for hydroxylation is 2. The molecule has 2 aromatic heterocycles. The predicted molar refractivity (Wildman–Crippen MR) is 133 cm³/mol. The molecule has 0 fully saturated rings. The first-order valence-corrected chi connectivity index (χ1v) is 21.3. The van der Waals surface area contributed by atoms with Crippen molar-refractivity contribution in [2.24, 2.45) is 7.05 Å². The van der Waals surface area contributed by atoms with Gasteiger partial charge in [0.2, 0.25) is 0 Å². The molecular weight excluding hydrogens is 519 g/mol. The van der Waals surface area contributed by atoms with Gasteiger partial charge < -0.3 is 5.11 Å². The molecule has 4 aromatic rings. The topological polar surface area (TPSA) is 81.7 Å². The van der Waals surface area contributed by atoms with Crippen LogP contribution < -0.4 is 0 Å². The molecule has 0 aliphatic carbocycles. The van der Waals surface area contributed by atoms with E-state index in [1.807, 2.05) is 17.8 Å². The van der Waals surface area contributed by atoms with Crippen LogP contribution in [0.5, 0.6) is 0 Å². The molecule has 0 radical (unpaired) electrons. The van der Waals surface area contributed by atoms with Crippen LogP contribution in [-0.2, 0) is 26.5 Å². The number of nitrogens with zero attached hydrogens (tertiary/aromatic N) is 6. The van der Waals surface area contributed by atoms with E-state index in [-0.39, 0.29) is 6.61 Å². The summed E-state index contributed by atoms with van der Waals surface area (Å²) < 4.78 is 3.89. The molecule has 0 amide bonds. The molecular formula is C25H32N6OSn. The number of tetrazole rings is 1. The van der Waals surface area contributed by atoms with Gasteiger partial charge >= 0.3 is 175 Å². The summed E-state index contributed by atoms with van der Waals surface area (Å²) in [5, 5.41) is 27.2. The molecule has 0 spiro atoms. The SMILES string of the molecule is CCCc1nn(C)c(CO)c1Cc1ccc(-c2ccccc2-c2nnn[n]2[Sn]([CH3])([CH3])[CH3])cc1. The molecule has 4 rings (SSSR count). The van der Waals surface area contributed by atoms with Gasteiger partial charge in [-0.2, -0.15) is 0 Å². The molecule has 0 saturated carbocycles. The number of hydrogen-bond acceptors (Lipinski definition) is 5. The first-order chi connectivity index (χ1) is 15.8. The van der Waals surface area contributed by atoms with Crippen LogP contribution in [0, 0.1) is 0 Å². The first kappa shape index (κ1) is 23.6. The molecule has 2 aromatic carbocycles. The van der Waals surface area contributed by atoms with E-state index in [1.54, 1.807) is 0 Å². The Labute approximate surface area is 199 Å². The summed E-state index contributed by atoms with van der Waals surface area (Å²) in [7, 11) is 1.91. The molecule has 0 saturated heterocycles. The van der Waals surface area contributed by atoms with Crippen LogP contribution in [0.2, 0.25) is 14.8 Å². The van der Waals surface area contributed by atoms with Gasteiger partial charge in [-0.15, -0.1) is 0 Å². The fourth-order valence-corrected chi connectivity index (χ4v) is 7.41. The maximum atomic E-state index is 9.88. The van der Waals surface area contributed by atoms with Gasteiger partial charge in [-0.05, 0) is 0 Å². The van der Waals surface area contributed by atoms with E-state index in [0.717, 1.165) is 58.7 Å². The quantitative estimate of drug-likeness (QED) is 0.327. The van der Waals surface area contributed by atoms with Gasteiger partial charge in [0, 0.05) is 7.05 Å². The molecule has 0 bridgehead atoms. The second-order valence-electron chi connectivity index (χ2n) is 9.41. The summed E-state index contributed by atoms with van der Waals surface area (Å²) in [5.41, 5.74) is 7.64. The Bertz CT molecular complexity index is 1240. The average Bonchev–Trinajstić information content (AvgIpc) is 3.40. The van der Waals surface area contributed by atoms with Gasteiger partial charge in [0.05, 0.1) is 0 Å². The number of hydrogen-bond donors (Lipinski definition) is 1. The summed E-state index contributed by atoms with van der Waals surface area (Å²) in [4.78, 5) is 6.91. The molecule has 7 nitrogen and oxygen atoms in total. The van der Waals surface area contributed by atoms with Crippen molar-refractivity contribution >= 4 is 18.7 Å². The van der Waals surface area contributed by atoms with Crippen LogP contribution in [0.15, 0.2) is 48.5 Å². The Morgan fingerprint density at radius 2 is 1.67 bits per heavy atom. The van der Waals surface area contributed by atoms with E-state index in [4.69, 9.17) is 0 Å². The normalized spacial score (nSPS) is 11.8. The zero-order valence-electron chi connectivity index (χ0n) is 20.1. The van der Waals surface area contributed by atoms with Crippen molar-refractivity contribution in [1.82, 2.24) is 28.2 Å².